The minimum atomic E-state index is -0.897. The van der Waals surface area contributed by atoms with Crippen molar-refractivity contribution in [3.63, 3.8) is 0 Å². The first-order valence-corrected chi connectivity index (χ1v) is 5.86. The highest BCUT2D eigenvalue weighted by atomic mass is 16.5. The summed E-state index contributed by atoms with van der Waals surface area (Å²) < 4.78 is 5.19. The van der Waals surface area contributed by atoms with Crippen molar-refractivity contribution < 1.29 is 19.4 Å². The fourth-order valence-electron chi connectivity index (χ4n) is 2.06. The van der Waals surface area contributed by atoms with Gasteiger partial charge in [-0.15, -0.1) is 0 Å². The van der Waals surface area contributed by atoms with Crippen LogP contribution in [0.2, 0.25) is 0 Å². The number of aliphatic carboxylic acids is 1. The monoisotopic (exact) mass is 244 g/mol. The Hall–Kier alpha value is -1.14. The number of carbonyl (C=O) groups excluding carboxylic acids is 1. The largest absolute Gasteiger partial charge is 0.481 e. The van der Waals surface area contributed by atoms with Crippen molar-refractivity contribution in [1.82, 2.24) is 10.2 Å². The molecule has 0 spiro atoms. The van der Waals surface area contributed by atoms with E-state index in [1.54, 1.807) is 11.9 Å². The summed E-state index contributed by atoms with van der Waals surface area (Å²) in [7, 11) is 1.70. The third kappa shape index (κ3) is 3.41. The van der Waals surface area contributed by atoms with Gasteiger partial charge in [-0.1, -0.05) is 6.92 Å². The van der Waals surface area contributed by atoms with Gasteiger partial charge in [0.2, 0.25) is 5.91 Å². The lowest BCUT2D eigenvalue weighted by Crippen LogP contribution is -2.49. The highest BCUT2D eigenvalue weighted by Crippen LogP contribution is 2.20. The van der Waals surface area contributed by atoms with Gasteiger partial charge in [-0.25, -0.2) is 0 Å². The Bertz CT molecular complexity index is 283. The molecule has 1 aliphatic heterocycles. The molecular formula is C11H20N2O4. The molecule has 6 heteroatoms. The van der Waals surface area contributed by atoms with Crippen molar-refractivity contribution in [3.05, 3.63) is 0 Å². The van der Waals surface area contributed by atoms with Crippen LogP contribution >= 0.6 is 0 Å². The van der Waals surface area contributed by atoms with Gasteiger partial charge in [-0.2, -0.15) is 0 Å². The highest BCUT2D eigenvalue weighted by Gasteiger charge is 2.39. The number of likely N-dealkylation sites (N-methyl/N-ethyl adjacent to an activating group) is 1. The molecule has 0 radical (unpaired) electrons. The first-order valence-electron chi connectivity index (χ1n) is 5.86. The fraction of sp³-hybridized carbons (Fsp3) is 0.818. The van der Waals surface area contributed by atoms with E-state index in [-0.39, 0.29) is 25.1 Å². The van der Waals surface area contributed by atoms with Crippen LogP contribution in [0.4, 0.5) is 0 Å². The molecule has 0 bridgehead atoms. The number of hydrogen-bond acceptors (Lipinski definition) is 4. The van der Waals surface area contributed by atoms with Crippen molar-refractivity contribution in [2.45, 2.75) is 19.4 Å². The summed E-state index contributed by atoms with van der Waals surface area (Å²) in [5, 5.41) is 11.9. The maximum atomic E-state index is 11.9. The van der Waals surface area contributed by atoms with E-state index in [1.165, 1.54) is 0 Å². The smallest absolute Gasteiger partial charge is 0.311 e. The summed E-state index contributed by atoms with van der Waals surface area (Å²) in [6, 6.07) is -0.340. The number of carbonyl (C=O) groups is 2. The topological polar surface area (TPSA) is 78.9 Å². The van der Waals surface area contributed by atoms with E-state index < -0.39 is 11.9 Å². The summed E-state index contributed by atoms with van der Waals surface area (Å²) >= 11 is 0. The van der Waals surface area contributed by atoms with Gasteiger partial charge in [-0.05, 0) is 13.5 Å². The minimum absolute atomic E-state index is 0.0731. The second-order valence-corrected chi connectivity index (χ2v) is 4.17. The van der Waals surface area contributed by atoms with Crippen LogP contribution in [0.5, 0.6) is 0 Å². The van der Waals surface area contributed by atoms with Gasteiger partial charge in [-0.3, -0.25) is 9.59 Å². The van der Waals surface area contributed by atoms with Crippen LogP contribution in [-0.2, 0) is 14.3 Å². The number of carboxylic acid groups (broad SMARTS) is 1. The summed E-state index contributed by atoms with van der Waals surface area (Å²) in [6.45, 7) is 3.26. The Labute approximate surface area is 101 Å². The maximum absolute atomic E-state index is 11.9. The third-order valence-corrected chi connectivity index (χ3v) is 2.88. The van der Waals surface area contributed by atoms with Crippen molar-refractivity contribution in [2.24, 2.45) is 5.92 Å². The molecule has 2 unspecified atom stereocenters. The third-order valence-electron chi connectivity index (χ3n) is 2.88. The SMILES string of the molecule is CCCN(C(=O)CNC)C1COCC1C(=O)O. The van der Waals surface area contributed by atoms with Gasteiger partial charge in [0.1, 0.15) is 5.92 Å². The van der Waals surface area contributed by atoms with Crippen LogP contribution < -0.4 is 5.32 Å². The lowest BCUT2D eigenvalue weighted by molar-refractivity contribution is -0.144. The average molecular weight is 244 g/mol. The van der Waals surface area contributed by atoms with Crippen molar-refractivity contribution in [3.8, 4) is 0 Å². The zero-order valence-electron chi connectivity index (χ0n) is 10.3. The summed E-state index contributed by atoms with van der Waals surface area (Å²) in [5.41, 5.74) is 0. The maximum Gasteiger partial charge on any atom is 0.311 e. The molecule has 1 fully saturated rings. The first-order chi connectivity index (χ1) is 8.11. The molecule has 0 aromatic rings. The van der Waals surface area contributed by atoms with Crippen molar-refractivity contribution in [1.29, 1.82) is 0 Å². The van der Waals surface area contributed by atoms with E-state index in [2.05, 4.69) is 5.32 Å². The Morgan fingerprint density at radius 3 is 2.71 bits per heavy atom. The number of carboxylic acids is 1. The second-order valence-electron chi connectivity index (χ2n) is 4.17. The molecule has 0 aromatic carbocycles. The number of nitrogens with one attached hydrogen (secondary N) is 1. The molecule has 2 atom stereocenters. The molecule has 1 rings (SSSR count). The molecule has 1 amide bonds. The normalized spacial score (nSPS) is 23.6. The molecule has 0 saturated carbocycles. The first kappa shape index (κ1) is 13.9. The van der Waals surface area contributed by atoms with Gasteiger partial charge < -0.3 is 20.1 Å². The number of hydrogen-bond donors (Lipinski definition) is 2. The molecule has 2 N–H and O–H groups in total. The summed E-state index contributed by atoms with van der Waals surface area (Å²) in [6.07, 6.45) is 0.804. The summed E-state index contributed by atoms with van der Waals surface area (Å²) in [4.78, 5) is 24.6. The molecular weight excluding hydrogens is 224 g/mol. The second kappa shape index (κ2) is 6.56. The van der Waals surface area contributed by atoms with Crippen LogP contribution in [0.1, 0.15) is 13.3 Å². The predicted octanol–water partition coefficient (Wildman–Crippen LogP) is -0.456. The van der Waals surface area contributed by atoms with Gasteiger partial charge in [0.05, 0.1) is 25.8 Å². The highest BCUT2D eigenvalue weighted by molar-refractivity contribution is 5.80. The molecule has 98 valence electrons. The van der Waals surface area contributed by atoms with Crippen LogP contribution in [0.25, 0.3) is 0 Å². The number of rotatable bonds is 6. The average Bonchev–Trinajstić information content (AvgIpc) is 2.74. The fourth-order valence-corrected chi connectivity index (χ4v) is 2.06. The lowest BCUT2D eigenvalue weighted by atomic mass is 10.0. The van der Waals surface area contributed by atoms with Gasteiger partial charge in [0, 0.05) is 6.54 Å². The standard InChI is InChI=1S/C11H20N2O4/c1-3-4-13(10(14)5-12-2)9-7-17-6-8(9)11(15)16/h8-9,12H,3-7H2,1-2H3,(H,15,16). The van der Waals surface area contributed by atoms with E-state index in [1.807, 2.05) is 6.92 Å². The Morgan fingerprint density at radius 1 is 1.47 bits per heavy atom. The van der Waals surface area contributed by atoms with Crippen LogP contribution in [-0.4, -0.2) is 61.3 Å². The Balaban J connectivity index is 2.74. The van der Waals surface area contributed by atoms with Gasteiger partial charge in [0.25, 0.3) is 0 Å². The zero-order chi connectivity index (χ0) is 12.8. The van der Waals surface area contributed by atoms with E-state index in [0.717, 1.165) is 6.42 Å². The predicted molar refractivity (Wildman–Crippen MR) is 61.7 cm³/mol. The van der Waals surface area contributed by atoms with E-state index in [4.69, 9.17) is 9.84 Å². The Kier molecular flexibility index (Phi) is 5.37. The molecule has 1 saturated heterocycles. The van der Waals surface area contributed by atoms with Gasteiger partial charge in [0.15, 0.2) is 0 Å². The number of amides is 1. The number of nitrogens with zero attached hydrogens (tertiary/aromatic N) is 1. The quantitative estimate of drug-likeness (QED) is 0.661. The van der Waals surface area contributed by atoms with E-state index in [9.17, 15) is 9.59 Å². The number of ether oxygens (including phenoxy) is 1. The zero-order valence-corrected chi connectivity index (χ0v) is 10.3. The molecule has 0 aliphatic carbocycles. The van der Waals surface area contributed by atoms with Crippen molar-refractivity contribution >= 4 is 11.9 Å². The molecule has 1 heterocycles. The van der Waals surface area contributed by atoms with Crippen LogP contribution in [0.15, 0.2) is 0 Å². The van der Waals surface area contributed by atoms with Crippen LogP contribution in [0, 0.1) is 5.92 Å². The molecule has 6 nitrogen and oxygen atoms in total. The molecule has 0 aromatic heterocycles. The minimum Gasteiger partial charge on any atom is -0.481 e. The van der Waals surface area contributed by atoms with Crippen molar-refractivity contribution in [2.75, 3.05) is 33.4 Å². The van der Waals surface area contributed by atoms with E-state index in [0.29, 0.717) is 13.2 Å². The lowest BCUT2D eigenvalue weighted by Gasteiger charge is -2.30. The van der Waals surface area contributed by atoms with E-state index >= 15 is 0 Å². The molecule has 17 heavy (non-hydrogen) atoms. The summed E-state index contributed by atoms with van der Waals surface area (Å²) in [5.74, 6) is -1.58. The van der Waals surface area contributed by atoms with Crippen LogP contribution in [0.3, 0.4) is 0 Å². The molecule has 1 aliphatic rings. The Morgan fingerprint density at radius 2 is 2.18 bits per heavy atom. The van der Waals surface area contributed by atoms with Gasteiger partial charge >= 0.3 is 5.97 Å².